The van der Waals surface area contributed by atoms with E-state index < -0.39 is 21.8 Å². The standard InChI is InChI=1S/C23H27F3N2O3S/c1-17(10-11-18-6-3-2-4-7-18)27-22(29)19-12-14-28(15-13-19)32(30,31)21-9-5-8-20(16-21)23(24,25)26/h2-9,16-17,19H,10-15H2,1H3,(H,27,29). The average molecular weight is 469 g/mol. The number of sulfonamides is 1. The molecule has 174 valence electrons. The van der Waals surface area contributed by atoms with Crippen molar-refractivity contribution in [2.24, 2.45) is 5.92 Å². The lowest BCUT2D eigenvalue weighted by Crippen LogP contribution is -2.44. The Labute approximate surface area is 186 Å². The molecule has 0 bridgehead atoms. The molecule has 0 saturated carbocycles. The maximum absolute atomic E-state index is 12.9. The fourth-order valence-electron chi connectivity index (χ4n) is 3.80. The number of benzene rings is 2. The third kappa shape index (κ3) is 6.10. The molecule has 1 N–H and O–H groups in total. The van der Waals surface area contributed by atoms with Crippen LogP contribution in [0, 0.1) is 5.92 Å². The van der Waals surface area contributed by atoms with Gasteiger partial charge in [0.25, 0.3) is 0 Å². The van der Waals surface area contributed by atoms with Gasteiger partial charge in [-0.25, -0.2) is 8.42 Å². The number of aryl methyl sites for hydroxylation is 1. The van der Waals surface area contributed by atoms with Crippen molar-refractivity contribution in [3.8, 4) is 0 Å². The van der Waals surface area contributed by atoms with Gasteiger partial charge in [0.15, 0.2) is 0 Å². The number of alkyl halides is 3. The molecule has 0 radical (unpaired) electrons. The highest BCUT2D eigenvalue weighted by Crippen LogP contribution is 2.32. The van der Waals surface area contributed by atoms with Gasteiger partial charge in [-0.3, -0.25) is 4.79 Å². The van der Waals surface area contributed by atoms with Crippen molar-refractivity contribution in [3.63, 3.8) is 0 Å². The van der Waals surface area contributed by atoms with Crippen molar-refractivity contribution in [2.45, 2.75) is 49.7 Å². The molecule has 0 aromatic heterocycles. The molecule has 1 heterocycles. The highest BCUT2D eigenvalue weighted by atomic mass is 32.2. The van der Waals surface area contributed by atoms with E-state index in [2.05, 4.69) is 5.32 Å². The van der Waals surface area contributed by atoms with Crippen LogP contribution in [-0.4, -0.2) is 37.8 Å². The van der Waals surface area contributed by atoms with Crippen LogP contribution in [0.1, 0.15) is 37.3 Å². The van der Waals surface area contributed by atoms with E-state index >= 15 is 0 Å². The van der Waals surface area contributed by atoms with Crippen molar-refractivity contribution < 1.29 is 26.4 Å². The normalized spacial score (nSPS) is 17.1. The van der Waals surface area contributed by atoms with E-state index in [1.165, 1.54) is 5.56 Å². The molecular weight excluding hydrogens is 441 g/mol. The Kier molecular flexibility index (Phi) is 7.61. The van der Waals surface area contributed by atoms with Crippen LogP contribution in [0.25, 0.3) is 0 Å². The Morgan fingerprint density at radius 2 is 1.75 bits per heavy atom. The predicted octanol–water partition coefficient (Wildman–Crippen LogP) is 4.24. The van der Waals surface area contributed by atoms with Crippen molar-refractivity contribution in [3.05, 3.63) is 65.7 Å². The Hall–Kier alpha value is -2.39. The molecule has 2 aromatic carbocycles. The summed E-state index contributed by atoms with van der Waals surface area (Å²) in [6.07, 6.45) is -2.33. The zero-order chi connectivity index (χ0) is 23.4. The van der Waals surface area contributed by atoms with Gasteiger partial charge in [0.2, 0.25) is 15.9 Å². The van der Waals surface area contributed by atoms with Gasteiger partial charge in [-0.1, -0.05) is 36.4 Å². The number of halogens is 3. The first-order valence-corrected chi connectivity index (χ1v) is 12.0. The molecule has 1 aliphatic heterocycles. The lowest BCUT2D eigenvalue weighted by Gasteiger charge is -2.31. The summed E-state index contributed by atoms with van der Waals surface area (Å²) in [4.78, 5) is 12.2. The molecule has 5 nitrogen and oxygen atoms in total. The molecule has 32 heavy (non-hydrogen) atoms. The minimum Gasteiger partial charge on any atom is -0.353 e. The van der Waals surface area contributed by atoms with Gasteiger partial charge in [-0.05, 0) is 56.4 Å². The Morgan fingerprint density at radius 1 is 1.09 bits per heavy atom. The van der Waals surface area contributed by atoms with E-state index in [4.69, 9.17) is 0 Å². The van der Waals surface area contributed by atoms with Crippen LogP contribution >= 0.6 is 0 Å². The molecule has 3 rings (SSSR count). The highest BCUT2D eigenvalue weighted by Gasteiger charge is 2.35. The van der Waals surface area contributed by atoms with Crippen LogP contribution in [0.15, 0.2) is 59.5 Å². The molecule has 1 amide bonds. The van der Waals surface area contributed by atoms with Gasteiger partial charge in [0.05, 0.1) is 10.5 Å². The van der Waals surface area contributed by atoms with Crippen LogP contribution in [0.4, 0.5) is 13.2 Å². The largest absolute Gasteiger partial charge is 0.416 e. The van der Waals surface area contributed by atoms with Gasteiger partial charge >= 0.3 is 6.18 Å². The van der Waals surface area contributed by atoms with E-state index in [0.717, 1.165) is 35.3 Å². The molecule has 0 aliphatic carbocycles. The summed E-state index contributed by atoms with van der Waals surface area (Å²) in [6.45, 7) is 2.12. The van der Waals surface area contributed by atoms with Gasteiger partial charge in [0.1, 0.15) is 0 Å². The second kappa shape index (κ2) is 10.0. The van der Waals surface area contributed by atoms with Gasteiger partial charge < -0.3 is 5.32 Å². The Balaban J connectivity index is 1.53. The molecule has 1 fully saturated rings. The minimum atomic E-state index is -4.62. The number of piperidine rings is 1. The van der Waals surface area contributed by atoms with Gasteiger partial charge in [0, 0.05) is 25.0 Å². The number of hydrogen-bond acceptors (Lipinski definition) is 3. The SMILES string of the molecule is CC(CCc1ccccc1)NC(=O)C1CCN(S(=O)(=O)c2cccc(C(F)(F)F)c2)CC1. The number of carbonyl (C=O) groups is 1. The van der Waals surface area contributed by atoms with E-state index in [0.29, 0.717) is 18.9 Å². The Bertz CT molecular complexity index is 1020. The summed E-state index contributed by atoms with van der Waals surface area (Å²) in [5.41, 5.74) is 0.194. The number of nitrogens with one attached hydrogen (secondary N) is 1. The lowest BCUT2D eigenvalue weighted by atomic mass is 9.96. The van der Waals surface area contributed by atoms with Crippen LogP contribution in [0.2, 0.25) is 0 Å². The molecule has 1 saturated heterocycles. The summed E-state index contributed by atoms with van der Waals surface area (Å²) >= 11 is 0. The first kappa shape index (κ1) is 24.3. The summed E-state index contributed by atoms with van der Waals surface area (Å²) < 4.78 is 65.6. The van der Waals surface area contributed by atoms with Crippen LogP contribution in [-0.2, 0) is 27.4 Å². The molecule has 1 aliphatic rings. The van der Waals surface area contributed by atoms with Crippen molar-refractivity contribution in [1.29, 1.82) is 0 Å². The van der Waals surface area contributed by atoms with Crippen molar-refractivity contribution in [2.75, 3.05) is 13.1 Å². The van der Waals surface area contributed by atoms with Gasteiger partial charge in [-0.2, -0.15) is 17.5 Å². The minimum absolute atomic E-state index is 0.0189. The first-order chi connectivity index (χ1) is 15.1. The fraction of sp³-hybridized carbons (Fsp3) is 0.435. The molecule has 1 unspecified atom stereocenters. The smallest absolute Gasteiger partial charge is 0.353 e. The highest BCUT2D eigenvalue weighted by molar-refractivity contribution is 7.89. The van der Waals surface area contributed by atoms with Crippen molar-refractivity contribution in [1.82, 2.24) is 9.62 Å². The number of nitrogens with zero attached hydrogens (tertiary/aromatic N) is 1. The summed E-state index contributed by atoms with van der Waals surface area (Å²) in [6, 6.07) is 13.7. The molecular formula is C23H27F3N2O3S. The predicted molar refractivity (Wildman–Crippen MR) is 115 cm³/mol. The van der Waals surface area contributed by atoms with Crippen LogP contribution in [0.5, 0.6) is 0 Å². The zero-order valence-corrected chi connectivity index (χ0v) is 18.6. The second-order valence-corrected chi connectivity index (χ2v) is 10.1. The van der Waals surface area contributed by atoms with E-state index in [9.17, 15) is 26.4 Å². The van der Waals surface area contributed by atoms with E-state index in [-0.39, 0.29) is 35.9 Å². The van der Waals surface area contributed by atoms with Crippen LogP contribution < -0.4 is 5.32 Å². The zero-order valence-electron chi connectivity index (χ0n) is 17.8. The van der Waals surface area contributed by atoms with Crippen molar-refractivity contribution >= 4 is 15.9 Å². The molecule has 2 aromatic rings. The fourth-order valence-corrected chi connectivity index (χ4v) is 5.32. The number of hydrogen-bond donors (Lipinski definition) is 1. The first-order valence-electron chi connectivity index (χ1n) is 10.6. The third-order valence-electron chi connectivity index (χ3n) is 5.72. The summed E-state index contributed by atoms with van der Waals surface area (Å²) in [5.74, 6) is -0.427. The topological polar surface area (TPSA) is 66.5 Å². The third-order valence-corrected chi connectivity index (χ3v) is 7.62. The quantitative estimate of drug-likeness (QED) is 0.661. The number of amides is 1. The number of carbonyl (C=O) groups excluding carboxylic acids is 1. The summed E-state index contributed by atoms with van der Waals surface area (Å²) in [7, 11) is -4.05. The average Bonchev–Trinajstić information content (AvgIpc) is 2.78. The maximum Gasteiger partial charge on any atom is 0.416 e. The molecule has 0 spiro atoms. The maximum atomic E-state index is 12.9. The van der Waals surface area contributed by atoms with E-state index in [1.54, 1.807) is 0 Å². The summed E-state index contributed by atoms with van der Waals surface area (Å²) in [5, 5.41) is 3.00. The lowest BCUT2D eigenvalue weighted by molar-refractivity contribution is -0.137. The van der Waals surface area contributed by atoms with E-state index in [1.807, 2.05) is 37.3 Å². The van der Waals surface area contributed by atoms with Crippen LogP contribution in [0.3, 0.4) is 0 Å². The molecule has 9 heteroatoms. The number of rotatable bonds is 7. The molecule has 1 atom stereocenters. The van der Waals surface area contributed by atoms with Gasteiger partial charge in [-0.15, -0.1) is 0 Å². The second-order valence-electron chi connectivity index (χ2n) is 8.14. The monoisotopic (exact) mass is 468 g/mol. The Morgan fingerprint density at radius 3 is 2.38 bits per heavy atom.